The zero-order valence-corrected chi connectivity index (χ0v) is 41.0. The standard InChI is InChI=1S/C73H46N2/c1-2-16-54(17-3-1)75-71-45-52(34-41-65(71)66-42-32-50-15-5-7-19-60(50)72(66)75)48-30-37-56(38-31-48)74(55-35-28-47(29-36-55)51-33-40-59-53(44-51)27-26-49-14-4-6-18-58(49)59)57-39-43-64-63-22-10-13-25-69(63)73(70(64)46-57)67-23-11-8-20-61(67)62-21-9-12-24-68(62)73/h1-46H. The van der Waals surface area contributed by atoms with Crippen LogP contribution in [0.5, 0.6) is 0 Å². The first-order valence-electron chi connectivity index (χ1n) is 26.1. The van der Waals surface area contributed by atoms with Crippen LogP contribution in [-0.4, -0.2) is 4.57 Å². The van der Waals surface area contributed by atoms with Gasteiger partial charge in [-0.15, -0.1) is 0 Å². The summed E-state index contributed by atoms with van der Waals surface area (Å²) in [5.41, 5.74) is 21.7. The second kappa shape index (κ2) is 16.1. The van der Waals surface area contributed by atoms with Crippen LogP contribution in [0, 0.1) is 0 Å². The Morgan fingerprint density at radius 3 is 1.37 bits per heavy atom. The molecule has 0 saturated carbocycles. The topological polar surface area (TPSA) is 8.17 Å². The third-order valence-electron chi connectivity index (χ3n) is 16.6. The zero-order valence-electron chi connectivity index (χ0n) is 41.0. The maximum atomic E-state index is 2.49. The Labute approximate surface area is 435 Å². The highest BCUT2D eigenvalue weighted by atomic mass is 15.1. The molecular weight excluding hydrogens is 905 g/mol. The first-order valence-corrected chi connectivity index (χ1v) is 26.1. The lowest BCUT2D eigenvalue weighted by atomic mass is 9.70. The SMILES string of the molecule is c1ccc(-n2c3cc(-c4ccc(N(c5ccc(-c6ccc7c(ccc8ccccc87)c6)cc5)c5ccc6c(c5)C5(c7ccccc7-c7ccccc75)c5ccccc5-6)cc4)ccc3c3ccc4ccccc4c32)cc1. The number of hydrogen-bond acceptors (Lipinski definition) is 1. The highest BCUT2D eigenvalue weighted by Gasteiger charge is 2.51. The van der Waals surface area contributed by atoms with Crippen molar-refractivity contribution < 1.29 is 0 Å². The molecule has 13 aromatic carbocycles. The van der Waals surface area contributed by atoms with Gasteiger partial charge in [0.25, 0.3) is 0 Å². The van der Waals surface area contributed by atoms with E-state index in [1.54, 1.807) is 0 Å². The molecule has 2 nitrogen and oxygen atoms in total. The molecule has 0 atom stereocenters. The van der Waals surface area contributed by atoms with Gasteiger partial charge in [-0.25, -0.2) is 0 Å². The number of fused-ring (bicyclic) bond motifs is 18. The van der Waals surface area contributed by atoms with Crippen molar-refractivity contribution in [1.29, 1.82) is 0 Å². The summed E-state index contributed by atoms with van der Waals surface area (Å²) in [7, 11) is 0. The maximum absolute atomic E-state index is 2.49. The lowest BCUT2D eigenvalue weighted by Crippen LogP contribution is -2.26. The molecule has 2 aliphatic carbocycles. The van der Waals surface area contributed by atoms with E-state index in [0.717, 1.165) is 28.3 Å². The molecule has 1 spiro atoms. The largest absolute Gasteiger partial charge is 0.310 e. The normalized spacial score (nSPS) is 12.9. The summed E-state index contributed by atoms with van der Waals surface area (Å²) in [6, 6.07) is 104. The highest BCUT2D eigenvalue weighted by Crippen LogP contribution is 2.63. The summed E-state index contributed by atoms with van der Waals surface area (Å²) in [4.78, 5) is 2.45. The summed E-state index contributed by atoms with van der Waals surface area (Å²) in [5, 5.41) is 10.1. The number of para-hydroxylation sites is 1. The molecule has 0 saturated heterocycles. The van der Waals surface area contributed by atoms with E-state index in [-0.39, 0.29) is 0 Å². The van der Waals surface area contributed by atoms with Crippen LogP contribution >= 0.6 is 0 Å². The van der Waals surface area contributed by atoms with Crippen molar-refractivity contribution in [1.82, 2.24) is 4.57 Å². The van der Waals surface area contributed by atoms with Gasteiger partial charge in [-0.2, -0.15) is 0 Å². The van der Waals surface area contributed by atoms with Crippen LogP contribution in [0.1, 0.15) is 22.3 Å². The molecule has 14 aromatic rings. The Kier molecular flexibility index (Phi) is 8.99. The molecule has 0 amide bonds. The fraction of sp³-hybridized carbons (Fsp3) is 0.0137. The lowest BCUT2D eigenvalue weighted by molar-refractivity contribution is 0.793. The predicted octanol–water partition coefficient (Wildman–Crippen LogP) is 19.4. The number of anilines is 3. The highest BCUT2D eigenvalue weighted by molar-refractivity contribution is 6.19. The van der Waals surface area contributed by atoms with E-state index in [1.807, 2.05) is 0 Å². The molecule has 0 fully saturated rings. The Balaban J connectivity index is 0.855. The smallest absolute Gasteiger partial charge is 0.0726 e. The minimum absolute atomic E-state index is 0.455. The van der Waals surface area contributed by atoms with Crippen LogP contribution in [0.25, 0.3) is 104 Å². The molecule has 1 heterocycles. The van der Waals surface area contributed by atoms with E-state index in [1.165, 1.54) is 115 Å². The second-order valence-corrected chi connectivity index (χ2v) is 20.4. The van der Waals surface area contributed by atoms with Gasteiger partial charge in [-0.05, 0) is 154 Å². The minimum Gasteiger partial charge on any atom is -0.310 e. The Hall–Kier alpha value is -9.76. The van der Waals surface area contributed by atoms with Crippen LogP contribution in [-0.2, 0) is 5.41 Å². The fourth-order valence-electron chi connectivity index (χ4n) is 13.3. The molecule has 348 valence electrons. The summed E-state index contributed by atoms with van der Waals surface area (Å²) in [6.07, 6.45) is 0. The van der Waals surface area contributed by atoms with E-state index in [0.29, 0.717) is 0 Å². The van der Waals surface area contributed by atoms with Gasteiger partial charge in [0.15, 0.2) is 0 Å². The van der Waals surface area contributed by atoms with Gasteiger partial charge in [0, 0.05) is 38.9 Å². The molecule has 0 radical (unpaired) electrons. The molecule has 0 aliphatic heterocycles. The average molecular weight is 951 g/mol. The fourth-order valence-corrected chi connectivity index (χ4v) is 13.3. The molecule has 16 rings (SSSR count). The minimum atomic E-state index is -0.455. The van der Waals surface area contributed by atoms with Crippen LogP contribution < -0.4 is 4.90 Å². The molecule has 2 heteroatoms. The third-order valence-corrected chi connectivity index (χ3v) is 16.6. The second-order valence-electron chi connectivity index (χ2n) is 20.4. The van der Waals surface area contributed by atoms with Gasteiger partial charge in [0.05, 0.1) is 16.4 Å². The summed E-state index contributed by atoms with van der Waals surface area (Å²) in [5.74, 6) is 0. The monoisotopic (exact) mass is 950 g/mol. The molecule has 0 bridgehead atoms. The molecule has 2 aliphatic rings. The molecule has 1 aromatic heterocycles. The van der Waals surface area contributed by atoms with Gasteiger partial charge in [0.2, 0.25) is 0 Å². The first-order chi connectivity index (χ1) is 37.2. The molecular formula is C73H46N2. The van der Waals surface area contributed by atoms with Crippen molar-refractivity contribution in [3.05, 3.63) is 301 Å². The zero-order chi connectivity index (χ0) is 49.2. The quantitative estimate of drug-likeness (QED) is 0.151. The van der Waals surface area contributed by atoms with Crippen LogP contribution in [0.2, 0.25) is 0 Å². The van der Waals surface area contributed by atoms with Crippen LogP contribution in [0.15, 0.2) is 279 Å². The van der Waals surface area contributed by atoms with E-state index >= 15 is 0 Å². The van der Waals surface area contributed by atoms with Gasteiger partial charge in [-0.3, -0.25) is 0 Å². The third kappa shape index (κ3) is 6.08. The van der Waals surface area contributed by atoms with Crippen LogP contribution in [0.3, 0.4) is 0 Å². The number of nitrogens with zero attached hydrogens (tertiary/aromatic N) is 2. The van der Waals surface area contributed by atoms with E-state index in [4.69, 9.17) is 0 Å². The number of benzene rings is 13. The van der Waals surface area contributed by atoms with Crippen LogP contribution in [0.4, 0.5) is 17.1 Å². The molecule has 0 unspecified atom stereocenters. The lowest BCUT2D eigenvalue weighted by Gasteiger charge is -2.32. The van der Waals surface area contributed by atoms with E-state index < -0.39 is 5.41 Å². The summed E-state index contributed by atoms with van der Waals surface area (Å²) < 4.78 is 2.45. The van der Waals surface area contributed by atoms with Crippen molar-refractivity contribution in [2.45, 2.75) is 5.41 Å². The van der Waals surface area contributed by atoms with Gasteiger partial charge < -0.3 is 9.47 Å². The maximum Gasteiger partial charge on any atom is 0.0726 e. The number of aromatic nitrogens is 1. The Morgan fingerprint density at radius 1 is 0.267 bits per heavy atom. The summed E-state index contributed by atoms with van der Waals surface area (Å²) >= 11 is 0. The van der Waals surface area contributed by atoms with Crippen molar-refractivity contribution in [3.8, 4) is 50.2 Å². The van der Waals surface area contributed by atoms with Crippen molar-refractivity contribution in [2.24, 2.45) is 0 Å². The number of rotatable bonds is 6. The number of hydrogen-bond donors (Lipinski definition) is 0. The van der Waals surface area contributed by atoms with Gasteiger partial charge in [0.1, 0.15) is 0 Å². The van der Waals surface area contributed by atoms with Crippen molar-refractivity contribution in [3.63, 3.8) is 0 Å². The summed E-state index contributed by atoms with van der Waals surface area (Å²) in [6.45, 7) is 0. The first kappa shape index (κ1) is 41.8. The van der Waals surface area contributed by atoms with Crippen molar-refractivity contribution in [2.75, 3.05) is 4.90 Å². The average Bonchev–Trinajstić information content (AvgIpc) is 4.18. The van der Waals surface area contributed by atoms with E-state index in [2.05, 4.69) is 289 Å². The Morgan fingerprint density at radius 2 is 0.720 bits per heavy atom. The van der Waals surface area contributed by atoms with Gasteiger partial charge in [-0.1, -0.05) is 218 Å². The van der Waals surface area contributed by atoms with Gasteiger partial charge >= 0.3 is 0 Å². The predicted molar refractivity (Wildman–Crippen MR) is 315 cm³/mol. The molecule has 75 heavy (non-hydrogen) atoms. The Bertz CT molecular complexity index is 4570. The molecule has 0 N–H and O–H groups in total. The van der Waals surface area contributed by atoms with E-state index in [9.17, 15) is 0 Å². The van der Waals surface area contributed by atoms with Crippen molar-refractivity contribution >= 4 is 71.2 Å².